The molecular formula is C19H22Cl2FN5O3. The van der Waals surface area contributed by atoms with Gasteiger partial charge in [0.25, 0.3) is 0 Å². The number of amides is 1. The molecule has 2 aromatic heterocycles. The SMILES string of the molecule is [2H]C([2H])([2H])Oc1nc(Cl)c(F)c2nc(Cl)nc(N3CC4CCC(C3)N4C(=O)OC(C)(C)C)c12. The largest absolute Gasteiger partial charge is 0.480 e. The summed E-state index contributed by atoms with van der Waals surface area (Å²) >= 11 is 11.9. The van der Waals surface area contributed by atoms with Crippen molar-refractivity contribution >= 4 is 46.0 Å². The third-order valence-electron chi connectivity index (χ3n) is 5.15. The fraction of sp³-hybridized carbons (Fsp3) is 0.579. The van der Waals surface area contributed by atoms with Crippen LogP contribution in [0.25, 0.3) is 10.9 Å². The number of halogens is 3. The van der Waals surface area contributed by atoms with E-state index in [-0.39, 0.29) is 34.1 Å². The Bertz CT molecular complexity index is 1100. The Labute approximate surface area is 187 Å². The lowest BCUT2D eigenvalue weighted by Crippen LogP contribution is -2.57. The monoisotopic (exact) mass is 460 g/mol. The standard InChI is InChI=1S/C19H22Cl2FN5O3/c1-19(2,3)30-18(28)27-9-5-6-10(27)8-26(7-9)15-11-13(23-17(21)25-15)12(22)14(20)24-16(11)29-4/h9-10H,5-8H2,1-4H3/i4D3. The zero-order valence-electron chi connectivity index (χ0n) is 19.6. The van der Waals surface area contributed by atoms with Gasteiger partial charge in [-0.2, -0.15) is 9.97 Å². The highest BCUT2D eigenvalue weighted by atomic mass is 35.5. The van der Waals surface area contributed by atoms with Gasteiger partial charge in [0, 0.05) is 13.1 Å². The van der Waals surface area contributed by atoms with Crippen LogP contribution in [0, 0.1) is 5.82 Å². The first-order valence-electron chi connectivity index (χ1n) is 10.9. The molecule has 2 aliphatic heterocycles. The number of rotatable bonds is 2. The van der Waals surface area contributed by atoms with Crippen LogP contribution in [0.2, 0.25) is 10.4 Å². The van der Waals surface area contributed by atoms with Crippen molar-refractivity contribution in [2.45, 2.75) is 51.3 Å². The molecule has 30 heavy (non-hydrogen) atoms. The summed E-state index contributed by atoms with van der Waals surface area (Å²) in [4.78, 5) is 28.2. The number of hydrogen-bond acceptors (Lipinski definition) is 7. The molecule has 0 radical (unpaired) electrons. The highest BCUT2D eigenvalue weighted by Crippen LogP contribution is 2.39. The molecular weight excluding hydrogens is 436 g/mol. The Morgan fingerprint density at radius 3 is 2.47 bits per heavy atom. The Balaban J connectivity index is 1.75. The van der Waals surface area contributed by atoms with E-state index in [0.29, 0.717) is 13.1 Å². The third kappa shape index (κ3) is 3.69. The molecule has 2 fully saturated rings. The fourth-order valence-corrected chi connectivity index (χ4v) is 4.39. The number of nitrogens with zero attached hydrogens (tertiary/aromatic N) is 5. The van der Waals surface area contributed by atoms with Gasteiger partial charge in [0.2, 0.25) is 11.2 Å². The average molecular weight is 461 g/mol. The summed E-state index contributed by atoms with van der Waals surface area (Å²) < 4.78 is 47.7. The second-order valence-electron chi connectivity index (χ2n) is 8.34. The summed E-state index contributed by atoms with van der Waals surface area (Å²) in [5, 5.41) is -0.903. The number of piperazine rings is 1. The molecule has 0 spiro atoms. The molecule has 0 aliphatic carbocycles. The lowest BCUT2D eigenvalue weighted by atomic mass is 10.1. The van der Waals surface area contributed by atoms with Crippen molar-refractivity contribution in [1.82, 2.24) is 19.9 Å². The van der Waals surface area contributed by atoms with E-state index >= 15 is 0 Å². The molecule has 162 valence electrons. The Morgan fingerprint density at radius 1 is 1.20 bits per heavy atom. The van der Waals surface area contributed by atoms with Crippen LogP contribution in [0.5, 0.6) is 5.88 Å². The molecule has 2 unspecified atom stereocenters. The summed E-state index contributed by atoms with van der Waals surface area (Å²) in [6.07, 6.45) is 1.09. The van der Waals surface area contributed by atoms with Gasteiger partial charge in [-0.15, -0.1) is 0 Å². The number of aromatic nitrogens is 3. The molecule has 4 rings (SSSR count). The number of pyridine rings is 1. The van der Waals surface area contributed by atoms with Crippen LogP contribution in [0.3, 0.4) is 0 Å². The summed E-state index contributed by atoms with van der Waals surface area (Å²) in [5.74, 6) is -1.23. The normalized spacial score (nSPS) is 23.2. The van der Waals surface area contributed by atoms with Crippen molar-refractivity contribution in [2.75, 3.05) is 25.0 Å². The lowest BCUT2D eigenvalue weighted by molar-refractivity contribution is 0.0123. The zero-order valence-corrected chi connectivity index (χ0v) is 18.1. The lowest BCUT2D eigenvalue weighted by Gasteiger charge is -2.42. The molecule has 1 amide bonds. The van der Waals surface area contributed by atoms with Gasteiger partial charge in [-0.05, 0) is 45.2 Å². The van der Waals surface area contributed by atoms with Gasteiger partial charge < -0.3 is 14.4 Å². The van der Waals surface area contributed by atoms with Crippen molar-refractivity contribution < 1.29 is 22.8 Å². The van der Waals surface area contributed by atoms with Gasteiger partial charge in [-0.3, -0.25) is 4.90 Å². The number of fused-ring (bicyclic) bond motifs is 3. The molecule has 0 saturated carbocycles. The second kappa shape index (κ2) is 7.53. The van der Waals surface area contributed by atoms with Crippen LogP contribution < -0.4 is 9.64 Å². The highest BCUT2D eigenvalue weighted by Gasteiger charge is 2.45. The van der Waals surface area contributed by atoms with Crippen LogP contribution in [0.4, 0.5) is 15.0 Å². The fourth-order valence-electron chi connectivity index (χ4n) is 4.06. The van der Waals surface area contributed by atoms with Crippen molar-refractivity contribution in [1.29, 1.82) is 0 Å². The van der Waals surface area contributed by atoms with Gasteiger partial charge in [0.1, 0.15) is 22.3 Å². The minimum atomic E-state index is -2.87. The maximum Gasteiger partial charge on any atom is 0.410 e. The molecule has 4 heterocycles. The molecule has 0 N–H and O–H groups in total. The number of methoxy groups -OCH3 is 1. The molecule has 0 aromatic carbocycles. The molecule has 2 aromatic rings. The van der Waals surface area contributed by atoms with E-state index in [1.165, 1.54) is 0 Å². The molecule has 2 atom stereocenters. The number of anilines is 1. The number of carbonyl (C=O) groups is 1. The first-order chi connectivity index (χ1) is 15.2. The Morgan fingerprint density at radius 2 is 1.87 bits per heavy atom. The van der Waals surface area contributed by atoms with E-state index in [2.05, 4.69) is 15.0 Å². The molecule has 11 heteroatoms. The van der Waals surface area contributed by atoms with E-state index in [1.807, 2.05) is 0 Å². The first kappa shape index (κ1) is 17.5. The summed E-state index contributed by atoms with van der Waals surface area (Å²) in [7, 11) is -2.87. The smallest absolute Gasteiger partial charge is 0.410 e. The van der Waals surface area contributed by atoms with Gasteiger partial charge in [-0.1, -0.05) is 11.6 Å². The number of carbonyl (C=O) groups excluding carboxylic acids is 1. The Hall–Kier alpha value is -2.13. The van der Waals surface area contributed by atoms with Crippen LogP contribution in [-0.4, -0.2) is 63.8 Å². The average Bonchev–Trinajstić information content (AvgIpc) is 2.93. The molecule has 2 saturated heterocycles. The minimum absolute atomic E-state index is 0.0532. The van der Waals surface area contributed by atoms with Crippen LogP contribution >= 0.6 is 23.2 Å². The molecule has 2 aliphatic rings. The van der Waals surface area contributed by atoms with E-state index in [4.69, 9.17) is 36.8 Å². The first-order valence-corrected chi connectivity index (χ1v) is 10.2. The van der Waals surface area contributed by atoms with Gasteiger partial charge in [0.15, 0.2) is 11.0 Å². The number of ether oxygens (including phenoxy) is 2. The highest BCUT2D eigenvalue weighted by molar-refractivity contribution is 6.31. The summed E-state index contributed by atoms with van der Waals surface area (Å²) in [6, 6.07) is -0.362. The van der Waals surface area contributed by atoms with Gasteiger partial charge in [-0.25, -0.2) is 14.2 Å². The zero-order chi connectivity index (χ0) is 24.3. The maximum absolute atomic E-state index is 14.8. The van der Waals surface area contributed by atoms with Crippen molar-refractivity contribution in [3.63, 3.8) is 0 Å². The topological polar surface area (TPSA) is 80.7 Å². The predicted molar refractivity (Wildman–Crippen MR) is 111 cm³/mol. The van der Waals surface area contributed by atoms with E-state index in [0.717, 1.165) is 12.8 Å². The second-order valence-corrected chi connectivity index (χ2v) is 9.04. The van der Waals surface area contributed by atoms with Crippen LogP contribution in [0.1, 0.15) is 37.7 Å². The molecule has 2 bridgehead atoms. The predicted octanol–water partition coefficient (Wildman–Crippen LogP) is 4.07. The summed E-state index contributed by atoms with van der Waals surface area (Å²) in [5.41, 5.74) is -0.931. The summed E-state index contributed by atoms with van der Waals surface area (Å²) in [6.45, 7) is 6.09. The third-order valence-corrected chi connectivity index (χ3v) is 5.57. The van der Waals surface area contributed by atoms with Gasteiger partial charge >= 0.3 is 6.09 Å². The quantitative estimate of drug-likeness (QED) is 0.493. The van der Waals surface area contributed by atoms with E-state index < -0.39 is 35.6 Å². The minimum Gasteiger partial charge on any atom is -0.480 e. The Kier molecular flexibility index (Phi) is 4.40. The van der Waals surface area contributed by atoms with Crippen molar-refractivity contribution in [2.24, 2.45) is 0 Å². The van der Waals surface area contributed by atoms with E-state index in [9.17, 15) is 9.18 Å². The molecule has 8 nitrogen and oxygen atoms in total. The van der Waals surface area contributed by atoms with Crippen LogP contribution in [-0.2, 0) is 4.74 Å². The number of hydrogen-bond donors (Lipinski definition) is 0. The maximum atomic E-state index is 14.8. The van der Waals surface area contributed by atoms with Crippen LogP contribution in [0.15, 0.2) is 0 Å². The van der Waals surface area contributed by atoms with Crippen molar-refractivity contribution in [3.05, 3.63) is 16.3 Å². The van der Waals surface area contributed by atoms with Crippen molar-refractivity contribution in [3.8, 4) is 5.88 Å². The van der Waals surface area contributed by atoms with E-state index in [1.54, 1.807) is 30.6 Å². The van der Waals surface area contributed by atoms with Gasteiger partial charge in [0.05, 0.1) is 23.2 Å².